The molecule has 8 nitrogen and oxygen atoms in total. The van der Waals surface area contributed by atoms with Crippen molar-refractivity contribution in [1.82, 2.24) is 24.4 Å². The van der Waals surface area contributed by atoms with Crippen LogP contribution >= 0.6 is 0 Å². The molecule has 1 amide bonds. The molecule has 0 aliphatic carbocycles. The van der Waals surface area contributed by atoms with Crippen molar-refractivity contribution in [3.8, 4) is 0 Å². The fourth-order valence-electron chi connectivity index (χ4n) is 3.74. The molecule has 1 atom stereocenters. The number of fused-ring (bicyclic) bond motifs is 1. The Kier molecular flexibility index (Phi) is 6.21. The maximum absolute atomic E-state index is 13.5. The van der Waals surface area contributed by atoms with Gasteiger partial charge in [0, 0.05) is 13.1 Å². The standard InChI is InChI=1S/C22H22F3N5O3S/c1-14-3-9-18(10-4-14)34(32,33)28-20(16-5-7-17(8-6-16)22(23,24)25)21(31)29-11-12-30-15(2)26-27-19(30)13-29/h3-10,20,28H,11-13H2,1-2H3. The third-order valence-electron chi connectivity index (χ3n) is 5.67. The van der Waals surface area contributed by atoms with E-state index in [0.29, 0.717) is 18.2 Å². The highest BCUT2D eigenvalue weighted by Crippen LogP contribution is 2.31. The van der Waals surface area contributed by atoms with Crippen LogP contribution in [0.2, 0.25) is 0 Å². The molecule has 0 bridgehead atoms. The predicted octanol–water partition coefficient (Wildman–Crippen LogP) is 2.98. The summed E-state index contributed by atoms with van der Waals surface area (Å²) >= 11 is 0. The highest BCUT2D eigenvalue weighted by molar-refractivity contribution is 7.89. The van der Waals surface area contributed by atoms with Crippen LogP contribution in [0.3, 0.4) is 0 Å². The molecule has 1 aliphatic heterocycles. The number of carbonyl (C=O) groups excluding carboxylic acids is 1. The number of sulfonamides is 1. The molecule has 2 heterocycles. The first-order chi connectivity index (χ1) is 16.0. The van der Waals surface area contributed by atoms with E-state index < -0.39 is 33.7 Å². The van der Waals surface area contributed by atoms with E-state index in [2.05, 4.69) is 14.9 Å². The van der Waals surface area contributed by atoms with E-state index in [9.17, 15) is 26.4 Å². The molecule has 0 radical (unpaired) electrons. The zero-order valence-corrected chi connectivity index (χ0v) is 19.2. The molecule has 0 saturated carbocycles. The Balaban J connectivity index is 1.67. The molecule has 4 rings (SSSR count). The fourth-order valence-corrected chi connectivity index (χ4v) is 4.92. The lowest BCUT2D eigenvalue weighted by atomic mass is 10.0. The number of aromatic nitrogens is 3. The lowest BCUT2D eigenvalue weighted by Gasteiger charge is -2.31. The molecule has 0 spiro atoms. The summed E-state index contributed by atoms with van der Waals surface area (Å²) in [6, 6.07) is 8.48. The number of carbonyl (C=O) groups is 1. The number of hydrogen-bond donors (Lipinski definition) is 1. The Morgan fingerprint density at radius 3 is 2.26 bits per heavy atom. The Hall–Kier alpha value is -3.25. The van der Waals surface area contributed by atoms with Gasteiger partial charge in [-0.3, -0.25) is 4.79 Å². The molecule has 3 aromatic rings. The highest BCUT2D eigenvalue weighted by atomic mass is 32.2. The van der Waals surface area contributed by atoms with Crippen molar-refractivity contribution in [3.05, 3.63) is 76.9 Å². The smallest absolute Gasteiger partial charge is 0.332 e. The second-order valence-electron chi connectivity index (χ2n) is 8.06. The van der Waals surface area contributed by atoms with E-state index in [4.69, 9.17) is 0 Å². The third kappa shape index (κ3) is 4.82. The number of nitrogens with one attached hydrogen (secondary N) is 1. The predicted molar refractivity (Wildman–Crippen MR) is 116 cm³/mol. The summed E-state index contributed by atoms with van der Waals surface area (Å²) in [7, 11) is -4.16. The summed E-state index contributed by atoms with van der Waals surface area (Å²) < 4.78 is 69.5. The van der Waals surface area contributed by atoms with Crippen molar-refractivity contribution in [1.29, 1.82) is 0 Å². The van der Waals surface area contributed by atoms with Crippen LogP contribution in [0.4, 0.5) is 13.2 Å². The Morgan fingerprint density at radius 2 is 1.65 bits per heavy atom. The van der Waals surface area contributed by atoms with Gasteiger partial charge in [0.15, 0.2) is 5.82 Å². The first kappa shape index (κ1) is 23.9. The fraction of sp³-hybridized carbons (Fsp3) is 0.318. The Morgan fingerprint density at radius 1 is 1.00 bits per heavy atom. The summed E-state index contributed by atoms with van der Waals surface area (Å²) in [6.07, 6.45) is -4.56. The summed E-state index contributed by atoms with van der Waals surface area (Å²) in [5.74, 6) is 0.647. The van der Waals surface area contributed by atoms with E-state index >= 15 is 0 Å². The topological polar surface area (TPSA) is 97.2 Å². The normalized spacial score (nSPS) is 15.1. The maximum atomic E-state index is 13.5. The van der Waals surface area contributed by atoms with Gasteiger partial charge in [-0.2, -0.15) is 17.9 Å². The minimum absolute atomic E-state index is 0.0585. The van der Waals surface area contributed by atoms with E-state index in [-0.39, 0.29) is 23.5 Å². The number of benzene rings is 2. The first-order valence-electron chi connectivity index (χ1n) is 10.4. The Labute approximate surface area is 194 Å². The van der Waals surface area contributed by atoms with Gasteiger partial charge in [0.25, 0.3) is 0 Å². The molecule has 180 valence electrons. The molecule has 1 unspecified atom stereocenters. The second-order valence-corrected chi connectivity index (χ2v) is 9.78. The SMILES string of the molecule is Cc1ccc(S(=O)(=O)NC(C(=O)N2CCn3c(C)nnc3C2)c2ccc(C(F)(F)F)cc2)cc1. The minimum atomic E-state index is -4.56. The zero-order chi connectivity index (χ0) is 24.7. The van der Waals surface area contributed by atoms with Gasteiger partial charge < -0.3 is 9.47 Å². The van der Waals surface area contributed by atoms with Crippen LogP contribution in [0.15, 0.2) is 53.4 Å². The zero-order valence-electron chi connectivity index (χ0n) is 18.4. The molecule has 2 aromatic carbocycles. The van der Waals surface area contributed by atoms with Crippen LogP contribution in [0.25, 0.3) is 0 Å². The summed E-state index contributed by atoms with van der Waals surface area (Å²) in [4.78, 5) is 14.8. The molecule has 0 fully saturated rings. The van der Waals surface area contributed by atoms with Crippen LogP contribution in [0.5, 0.6) is 0 Å². The van der Waals surface area contributed by atoms with Gasteiger partial charge in [-0.1, -0.05) is 29.8 Å². The van der Waals surface area contributed by atoms with Gasteiger partial charge in [0.1, 0.15) is 11.9 Å². The van der Waals surface area contributed by atoms with Crippen molar-refractivity contribution in [2.24, 2.45) is 0 Å². The average molecular weight is 494 g/mol. The van der Waals surface area contributed by atoms with Gasteiger partial charge in [-0.05, 0) is 43.7 Å². The molecule has 34 heavy (non-hydrogen) atoms. The lowest BCUT2D eigenvalue weighted by Crippen LogP contribution is -2.46. The molecule has 12 heteroatoms. The van der Waals surface area contributed by atoms with Gasteiger partial charge in [0.2, 0.25) is 15.9 Å². The van der Waals surface area contributed by atoms with Crippen LogP contribution < -0.4 is 4.72 Å². The van der Waals surface area contributed by atoms with E-state index in [0.717, 1.165) is 29.8 Å². The number of amides is 1. The maximum Gasteiger partial charge on any atom is 0.416 e. The molecule has 0 saturated heterocycles. The van der Waals surface area contributed by atoms with Gasteiger partial charge in [0.05, 0.1) is 17.0 Å². The second kappa shape index (κ2) is 8.84. The highest BCUT2D eigenvalue weighted by Gasteiger charge is 2.35. The van der Waals surface area contributed by atoms with Crippen molar-refractivity contribution in [2.45, 2.75) is 44.1 Å². The first-order valence-corrected chi connectivity index (χ1v) is 11.9. The molecule has 1 aromatic heterocycles. The largest absolute Gasteiger partial charge is 0.416 e. The monoisotopic (exact) mass is 493 g/mol. The number of rotatable bonds is 5. The lowest BCUT2D eigenvalue weighted by molar-refractivity contribution is -0.137. The minimum Gasteiger partial charge on any atom is -0.332 e. The molecular weight excluding hydrogens is 471 g/mol. The van der Waals surface area contributed by atoms with E-state index in [1.165, 1.54) is 17.0 Å². The van der Waals surface area contributed by atoms with Gasteiger partial charge in [-0.15, -0.1) is 10.2 Å². The summed E-state index contributed by atoms with van der Waals surface area (Å²) in [5.41, 5.74) is 0.0457. The number of nitrogens with zero attached hydrogens (tertiary/aromatic N) is 4. The van der Waals surface area contributed by atoms with E-state index in [1.54, 1.807) is 26.0 Å². The number of halogens is 3. The van der Waals surface area contributed by atoms with Crippen LogP contribution in [-0.2, 0) is 34.1 Å². The molecular formula is C22H22F3N5O3S. The van der Waals surface area contributed by atoms with Crippen molar-refractivity contribution in [3.63, 3.8) is 0 Å². The summed E-state index contributed by atoms with van der Waals surface area (Å²) in [5, 5.41) is 8.04. The van der Waals surface area contributed by atoms with Gasteiger partial charge >= 0.3 is 6.18 Å². The number of hydrogen-bond acceptors (Lipinski definition) is 5. The van der Waals surface area contributed by atoms with Crippen molar-refractivity contribution in [2.75, 3.05) is 6.54 Å². The average Bonchev–Trinajstić information content (AvgIpc) is 3.17. The number of aryl methyl sites for hydroxylation is 2. The van der Waals surface area contributed by atoms with E-state index in [1.807, 2.05) is 4.57 Å². The number of alkyl halides is 3. The van der Waals surface area contributed by atoms with Crippen LogP contribution in [-0.4, -0.2) is 40.5 Å². The summed E-state index contributed by atoms with van der Waals surface area (Å²) in [6.45, 7) is 4.38. The third-order valence-corrected chi connectivity index (χ3v) is 7.11. The van der Waals surface area contributed by atoms with Crippen molar-refractivity contribution < 1.29 is 26.4 Å². The molecule has 1 N–H and O–H groups in total. The van der Waals surface area contributed by atoms with Crippen LogP contribution in [0.1, 0.15) is 34.4 Å². The quantitative estimate of drug-likeness (QED) is 0.590. The van der Waals surface area contributed by atoms with Crippen LogP contribution in [0, 0.1) is 13.8 Å². The Bertz CT molecular complexity index is 1300. The van der Waals surface area contributed by atoms with Crippen molar-refractivity contribution >= 4 is 15.9 Å². The van der Waals surface area contributed by atoms with Gasteiger partial charge in [-0.25, -0.2) is 8.42 Å². The molecule has 1 aliphatic rings.